The fourth-order valence-corrected chi connectivity index (χ4v) is 4.45. The van der Waals surface area contributed by atoms with Crippen LogP contribution < -0.4 is 0 Å². The van der Waals surface area contributed by atoms with Crippen molar-refractivity contribution < 1.29 is 20.4 Å². The molecule has 6 nitrogen and oxygen atoms in total. The smallest absolute Gasteiger partial charge is 0.286 e. The van der Waals surface area contributed by atoms with Crippen LogP contribution in [0.3, 0.4) is 0 Å². The highest BCUT2D eigenvalue weighted by molar-refractivity contribution is 7.98. The Morgan fingerprint density at radius 3 is 2.52 bits per heavy atom. The summed E-state index contributed by atoms with van der Waals surface area (Å²) in [5.74, 6) is -5.00. The van der Waals surface area contributed by atoms with Crippen LogP contribution in [0.25, 0.3) is 10.9 Å². The number of fused-ring (bicyclic) bond motifs is 1. The van der Waals surface area contributed by atoms with Gasteiger partial charge in [-0.2, -0.15) is 0 Å². The third kappa shape index (κ3) is 3.22. The van der Waals surface area contributed by atoms with Gasteiger partial charge in [0.05, 0.1) is 0 Å². The molecule has 134 valence electrons. The van der Waals surface area contributed by atoms with Crippen molar-refractivity contribution in [2.45, 2.75) is 22.3 Å². The number of benzene rings is 1. The third-order valence-corrected chi connectivity index (χ3v) is 6.25. The molecular formula is C17H20N2O4S2. The van der Waals surface area contributed by atoms with Crippen LogP contribution in [0, 0.1) is 0 Å². The minimum atomic E-state index is -2.88. The Morgan fingerprint density at radius 1 is 1.12 bits per heavy atom. The van der Waals surface area contributed by atoms with Gasteiger partial charge in [-0.05, 0) is 37.7 Å². The SMILES string of the molecule is CN(C)C(O)(O)C(O)(O)c1c[nH]c2cccc(SCc3cccs3)c12. The lowest BCUT2D eigenvalue weighted by Crippen LogP contribution is -2.60. The standard InChI is InChI=1S/C17H20N2O4S2/c1-19(2)17(22,23)16(20,21)12-9-18-13-6-3-7-14(15(12)13)25-10-11-5-4-8-24-11/h3-9,18,20-23H,10H2,1-2H3. The van der Waals surface area contributed by atoms with Crippen LogP contribution in [0.1, 0.15) is 10.4 Å². The highest BCUT2D eigenvalue weighted by Crippen LogP contribution is 2.40. The first kappa shape index (κ1) is 18.4. The van der Waals surface area contributed by atoms with E-state index in [1.807, 2.05) is 29.6 Å². The van der Waals surface area contributed by atoms with Gasteiger partial charge in [-0.15, -0.1) is 23.1 Å². The maximum atomic E-state index is 10.5. The van der Waals surface area contributed by atoms with Crippen molar-refractivity contribution in [1.29, 1.82) is 0 Å². The fraction of sp³-hybridized carbons (Fsp3) is 0.294. The zero-order chi connectivity index (χ0) is 18.2. The van der Waals surface area contributed by atoms with Gasteiger partial charge in [-0.3, -0.25) is 4.90 Å². The molecule has 0 saturated carbocycles. The van der Waals surface area contributed by atoms with Gasteiger partial charge in [-0.25, -0.2) is 0 Å². The molecule has 0 amide bonds. The summed E-state index contributed by atoms with van der Waals surface area (Å²) in [5, 5.41) is 44.0. The highest BCUT2D eigenvalue weighted by Gasteiger charge is 2.52. The van der Waals surface area contributed by atoms with Gasteiger partial charge >= 0.3 is 0 Å². The molecule has 5 N–H and O–H groups in total. The molecule has 0 spiro atoms. The van der Waals surface area contributed by atoms with Crippen molar-refractivity contribution in [3.8, 4) is 0 Å². The molecule has 0 radical (unpaired) electrons. The molecule has 0 fully saturated rings. The van der Waals surface area contributed by atoms with Crippen molar-refractivity contribution in [3.05, 3.63) is 52.3 Å². The van der Waals surface area contributed by atoms with Crippen LogP contribution in [-0.2, 0) is 11.5 Å². The van der Waals surface area contributed by atoms with E-state index < -0.39 is 11.7 Å². The van der Waals surface area contributed by atoms with Crippen molar-refractivity contribution in [3.63, 3.8) is 0 Å². The molecule has 3 rings (SSSR count). The second kappa shape index (κ2) is 6.73. The number of hydrogen-bond donors (Lipinski definition) is 5. The van der Waals surface area contributed by atoms with E-state index in [0.717, 1.165) is 15.5 Å². The summed E-state index contributed by atoms with van der Waals surface area (Å²) in [6.45, 7) is 0. The Morgan fingerprint density at radius 2 is 1.88 bits per heavy atom. The van der Waals surface area contributed by atoms with Gasteiger partial charge in [-0.1, -0.05) is 12.1 Å². The number of thiophene rings is 1. The molecule has 0 aliphatic carbocycles. The van der Waals surface area contributed by atoms with Crippen molar-refractivity contribution in [2.24, 2.45) is 0 Å². The molecule has 0 atom stereocenters. The van der Waals surface area contributed by atoms with Gasteiger partial charge < -0.3 is 25.4 Å². The Bertz CT molecular complexity index is 857. The minimum Gasteiger partial charge on any atom is -0.361 e. The van der Waals surface area contributed by atoms with E-state index >= 15 is 0 Å². The molecule has 8 heteroatoms. The van der Waals surface area contributed by atoms with E-state index in [4.69, 9.17) is 0 Å². The van der Waals surface area contributed by atoms with E-state index in [1.165, 1.54) is 25.2 Å². The van der Waals surface area contributed by atoms with Gasteiger partial charge in [0, 0.05) is 38.2 Å². The molecule has 0 aliphatic rings. The number of aromatic amines is 1. The molecule has 0 bridgehead atoms. The monoisotopic (exact) mass is 380 g/mol. The Balaban J connectivity index is 2.05. The van der Waals surface area contributed by atoms with Crippen LogP contribution >= 0.6 is 23.1 Å². The van der Waals surface area contributed by atoms with Crippen LogP contribution in [0.15, 0.2) is 46.8 Å². The summed E-state index contributed by atoms with van der Waals surface area (Å²) in [7, 11) is 2.70. The fourth-order valence-electron chi connectivity index (χ4n) is 2.58. The summed E-state index contributed by atoms with van der Waals surface area (Å²) in [5.41, 5.74) is 0.698. The van der Waals surface area contributed by atoms with E-state index in [0.29, 0.717) is 10.9 Å². The molecule has 25 heavy (non-hydrogen) atoms. The normalized spacial score (nSPS) is 13.1. The first-order chi connectivity index (χ1) is 11.7. The Hall–Kier alpha value is -1.39. The number of nitrogens with one attached hydrogen (secondary N) is 1. The first-order valence-corrected chi connectivity index (χ1v) is 9.44. The summed E-state index contributed by atoms with van der Waals surface area (Å²) in [6.07, 6.45) is 1.39. The summed E-state index contributed by atoms with van der Waals surface area (Å²) < 4.78 is 0. The van der Waals surface area contributed by atoms with Gasteiger partial charge in [0.25, 0.3) is 11.7 Å². The van der Waals surface area contributed by atoms with Crippen LogP contribution in [-0.4, -0.2) is 50.3 Å². The number of aromatic nitrogens is 1. The Kier molecular flexibility index (Phi) is 4.95. The van der Waals surface area contributed by atoms with E-state index in [9.17, 15) is 20.4 Å². The largest absolute Gasteiger partial charge is 0.361 e. The lowest BCUT2D eigenvalue weighted by Gasteiger charge is -2.39. The number of aliphatic hydroxyl groups is 4. The predicted octanol–water partition coefficient (Wildman–Crippen LogP) is 1.86. The number of hydrogen-bond acceptors (Lipinski definition) is 7. The topological polar surface area (TPSA) is 100.0 Å². The number of thioether (sulfide) groups is 1. The molecule has 2 aromatic heterocycles. The van der Waals surface area contributed by atoms with Gasteiger partial charge in [0.1, 0.15) is 0 Å². The summed E-state index contributed by atoms with van der Waals surface area (Å²) in [4.78, 5) is 5.93. The molecule has 3 aromatic rings. The average molecular weight is 380 g/mol. The average Bonchev–Trinajstić information content (AvgIpc) is 3.22. The molecule has 0 aliphatic heterocycles. The maximum absolute atomic E-state index is 10.5. The third-order valence-electron chi connectivity index (χ3n) is 4.08. The first-order valence-electron chi connectivity index (χ1n) is 7.58. The second-order valence-corrected chi connectivity index (χ2v) is 8.00. The highest BCUT2D eigenvalue weighted by atomic mass is 32.2. The molecule has 0 unspecified atom stereocenters. The number of rotatable bonds is 6. The van der Waals surface area contributed by atoms with Gasteiger partial charge in [0.2, 0.25) is 0 Å². The number of likely N-dealkylation sites (N-methyl/N-ethyl adjacent to an activating group) is 1. The van der Waals surface area contributed by atoms with Gasteiger partial charge in [0.15, 0.2) is 0 Å². The lowest BCUT2D eigenvalue weighted by atomic mass is 10.0. The van der Waals surface area contributed by atoms with Crippen LogP contribution in [0.4, 0.5) is 0 Å². The maximum Gasteiger partial charge on any atom is 0.286 e. The summed E-state index contributed by atoms with van der Waals surface area (Å²) in [6, 6.07) is 9.57. The van der Waals surface area contributed by atoms with Crippen LogP contribution in [0.2, 0.25) is 0 Å². The van der Waals surface area contributed by atoms with E-state index in [1.54, 1.807) is 29.2 Å². The summed E-state index contributed by atoms with van der Waals surface area (Å²) >= 11 is 3.21. The molecule has 1 aromatic carbocycles. The number of H-pyrrole nitrogens is 1. The quantitative estimate of drug-likeness (QED) is 0.331. The predicted molar refractivity (Wildman–Crippen MR) is 99.1 cm³/mol. The second-order valence-electron chi connectivity index (χ2n) is 5.95. The number of nitrogens with zero attached hydrogens (tertiary/aromatic N) is 1. The van der Waals surface area contributed by atoms with E-state index in [2.05, 4.69) is 4.98 Å². The molecular weight excluding hydrogens is 360 g/mol. The van der Waals surface area contributed by atoms with E-state index in [-0.39, 0.29) is 5.56 Å². The lowest BCUT2D eigenvalue weighted by molar-refractivity contribution is -0.413. The minimum absolute atomic E-state index is 0.00970. The molecule has 2 heterocycles. The van der Waals surface area contributed by atoms with Crippen molar-refractivity contribution in [2.75, 3.05) is 14.1 Å². The van der Waals surface area contributed by atoms with Crippen LogP contribution in [0.5, 0.6) is 0 Å². The zero-order valence-electron chi connectivity index (χ0n) is 13.8. The molecule has 0 saturated heterocycles. The van der Waals surface area contributed by atoms with Crippen molar-refractivity contribution >= 4 is 34.0 Å². The van der Waals surface area contributed by atoms with Crippen molar-refractivity contribution in [1.82, 2.24) is 9.88 Å². The Labute approximate surface area is 153 Å². The zero-order valence-corrected chi connectivity index (χ0v) is 15.4.